The first-order chi connectivity index (χ1) is 13.2. The number of nitrogens with zero attached hydrogens (tertiary/aromatic N) is 2. The average Bonchev–Trinajstić information content (AvgIpc) is 3.40. The predicted octanol–water partition coefficient (Wildman–Crippen LogP) is 4.36. The molecule has 0 amide bonds. The highest BCUT2D eigenvalue weighted by atomic mass is 32.1. The lowest BCUT2D eigenvalue weighted by Crippen LogP contribution is -2.29. The summed E-state index contributed by atoms with van der Waals surface area (Å²) in [6, 6.07) is 14.1. The third-order valence-electron chi connectivity index (χ3n) is 4.90. The molecule has 1 aromatic carbocycles. The normalized spacial score (nSPS) is 20.8. The molecule has 0 aliphatic carbocycles. The van der Waals surface area contributed by atoms with Crippen LogP contribution in [0.3, 0.4) is 0 Å². The van der Waals surface area contributed by atoms with Crippen LogP contribution in [-0.2, 0) is 0 Å². The van der Waals surface area contributed by atoms with E-state index in [9.17, 15) is 0 Å². The Hall–Kier alpha value is -2.64. The maximum atomic E-state index is 5.74. The van der Waals surface area contributed by atoms with E-state index in [0.717, 1.165) is 22.9 Å². The number of anilines is 1. The Kier molecular flexibility index (Phi) is 3.98. The monoisotopic (exact) mass is 395 g/mol. The summed E-state index contributed by atoms with van der Waals surface area (Å²) in [6.45, 7) is 2.39. The number of hydrogen-bond acceptors (Lipinski definition) is 5. The summed E-state index contributed by atoms with van der Waals surface area (Å²) in [5.74, 6) is 1.51. The van der Waals surface area contributed by atoms with Gasteiger partial charge in [0.25, 0.3) is 0 Å². The fourth-order valence-electron chi connectivity index (χ4n) is 3.62. The van der Waals surface area contributed by atoms with E-state index in [1.165, 1.54) is 10.4 Å². The lowest BCUT2D eigenvalue weighted by Gasteiger charge is -2.27. The fraction of sp³-hybridized carbons (Fsp3) is 0.200. The van der Waals surface area contributed by atoms with Crippen molar-refractivity contribution in [1.29, 1.82) is 0 Å². The number of benzene rings is 1. The molecule has 0 unspecified atom stereocenters. The first-order valence-electron chi connectivity index (χ1n) is 8.66. The Labute approximate surface area is 166 Å². The number of aryl methyl sites for hydroxylation is 1. The quantitative estimate of drug-likeness (QED) is 0.665. The molecule has 7 heteroatoms. The topological polar surface area (TPSA) is 46.6 Å². The van der Waals surface area contributed by atoms with Gasteiger partial charge in [0.2, 0.25) is 6.79 Å². The highest BCUT2D eigenvalue weighted by Gasteiger charge is 2.42. The van der Waals surface area contributed by atoms with Crippen molar-refractivity contribution in [3.05, 3.63) is 70.2 Å². The number of rotatable bonds is 3. The van der Waals surface area contributed by atoms with E-state index in [2.05, 4.69) is 33.6 Å². The highest BCUT2D eigenvalue weighted by Crippen LogP contribution is 2.46. The zero-order chi connectivity index (χ0) is 18.4. The summed E-state index contributed by atoms with van der Waals surface area (Å²) < 4.78 is 11.0. The summed E-state index contributed by atoms with van der Waals surface area (Å²) in [5, 5.41) is 6.29. The average molecular weight is 396 g/mol. The lowest BCUT2D eigenvalue weighted by atomic mass is 10.0. The van der Waals surface area contributed by atoms with Crippen molar-refractivity contribution < 1.29 is 9.47 Å². The van der Waals surface area contributed by atoms with Crippen LogP contribution in [0.25, 0.3) is 0 Å². The van der Waals surface area contributed by atoms with Crippen LogP contribution in [0.15, 0.2) is 54.0 Å². The SMILES string of the molecule is Cc1ccsc1[C@@H]1[C@H](c2ccccn2)NC(=S)N1c1ccc2c(c1)OCO2. The first-order valence-corrected chi connectivity index (χ1v) is 9.95. The molecule has 1 fully saturated rings. The summed E-state index contributed by atoms with van der Waals surface area (Å²) in [6.07, 6.45) is 1.82. The van der Waals surface area contributed by atoms with Crippen LogP contribution in [-0.4, -0.2) is 16.9 Å². The first kappa shape index (κ1) is 16.5. The number of pyridine rings is 1. The summed E-state index contributed by atoms with van der Waals surface area (Å²) >= 11 is 7.49. The predicted molar refractivity (Wildman–Crippen MR) is 110 cm³/mol. The summed E-state index contributed by atoms with van der Waals surface area (Å²) in [4.78, 5) is 8.02. The van der Waals surface area contributed by atoms with Gasteiger partial charge in [-0.1, -0.05) is 6.07 Å². The van der Waals surface area contributed by atoms with Gasteiger partial charge in [0, 0.05) is 22.8 Å². The van der Waals surface area contributed by atoms with Gasteiger partial charge in [-0.15, -0.1) is 11.3 Å². The molecule has 5 rings (SSSR count). The van der Waals surface area contributed by atoms with E-state index in [1.807, 2.05) is 42.6 Å². The Balaban J connectivity index is 1.63. The van der Waals surface area contributed by atoms with E-state index in [0.29, 0.717) is 5.11 Å². The molecule has 2 aromatic heterocycles. The van der Waals surface area contributed by atoms with Gasteiger partial charge in [-0.3, -0.25) is 4.98 Å². The molecule has 3 aromatic rings. The van der Waals surface area contributed by atoms with Crippen molar-refractivity contribution >= 4 is 34.4 Å². The standard InChI is InChI=1S/C20H17N3O2S2/c1-12-7-9-27-19(12)18-17(14-4-2-3-8-21-14)22-20(26)23(18)13-5-6-15-16(10-13)25-11-24-15/h2-10,17-18H,11H2,1H3,(H,22,26)/t17-,18-/m0/s1. The number of thiophene rings is 1. The van der Waals surface area contributed by atoms with Crippen molar-refractivity contribution in [2.24, 2.45) is 0 Å². The van der Waals surface area contributed by atoms with Crippen LogP contribution in [0.2, 0.25) is 0 Å². The Morgan fingerprint density at radius 2 is 2.07 bits per heavy atom. The third-order valence-corrected chi connectivity index (χ3v) is 6.31. The molecule has 1 saturated heterocycles. The second kappa shape index (κ2) is 6.51. The van der Waals surface area contributed by atoms with Crippen LogP contribution < -0.4 is 19.7 Å². The zero-order valence-electron chi connectivity index (χ0n) is 14.6. The molecule has 2 aliphatic rings. The molecule has 0 bridgehead atoms. The van der Waals surface area contributed by atoms with Gasteiger partial charge in [-0.05, 0) is 60.4 Å². The number of hydrogen-bond donors (Lipinski definition) is 1. The van der Waals surface area contributed by atoms with Gasteiger partial charge in [-0.25, -0.2) is 0 Å². The van der Waals surface area contributed by atoms with Crippen LogP contribution >= 0.6 is 23.6 Å². The van der Waals surface area contributed by atoms with E-state index in [4.69, 9.17) is 21.7 Å². The van der Waals surface area contributed by atoms with Gasteiger partial charge in [0.1, 0.15) is 0 Å². The fourth-order valence-corrected chi connectivity index (χ4v) is 5.02. The Morgan fingerprint density at radius 1 is 1.19 bits per heavy atom. The van der Waals surface area contributed by atoms with Gasteiger partial charge in [0.15, 0.2) is 16.6 Å². The number of ether oxygens (including phenoxy) is 2. The maximum absolute atomic E-state index is 5.74. The lowest BCUT2D eigenvalue weighted by molar-refractivity contribution is 0.174. The van der Waals surface area contributed by atoms with Crippen molar-refractivity contribution in [2.75, 3.05) is 11.7 Å². The van der Waals surface area contributed by atoms with E-state index in [-0.39, 0.29) is 18.9 Å². The molecule has 136 valence electrons. The summed E-state index contributed by atoms with van der Waals surface area (Å²) in [7, 11) is 0. The zero-order valence-corrected chi connectivity index (χ0v) is 16.2. The number of fused-ring (bicyclic) bond motifs is 1. The van der Waals surface area contributed by atoms with Crippen LogP contribution in [0.5, 0.6) is 11.5 Å². The number of nitrogens with one attached hydrogen (secondary N) is 1. The third kappa shape index (κ3) is 2.74. The van der Waals surface area contributed by atoms with E-state index < -0.39 is 0 Å². The molecular formula is C20H17N3O2S2. The van der Waals surface area contributed by atoms with Crippen molar-refractivity contribution in [3.63, 3.8) is 0 Å². The van der Waals surface area contributed by atoms with Crippen LogP contribution in [0.4, 0.5) is 5.69 Å². The molecule has 2 aliphatic heterocycles. The summed E-state index contributed by atoms with van der Waals surface area (Å²) in [5.41, 5.74) is 3.21. The minimum absolute atomic E-state index is 0.0211. The molecule has 4 heterocycles. The van der Waals surface area contributed by atoms with Crippen molar-refractivity contribution in [3.8, 4) is 11.5 Å². The number of aromatic nitrogens is 1. The van der Waals surface area contributed by atoms with Crippen LogP contribution in [0, 0.1) is 6.92 Å². The molecule has 27 heavy (non-hydrogen) atoms. The van der Waals surface area contributed by atoms with Crippen molar-refractivity contribution in [2.45, 2.75) is 19.0 Å². The molecule has 0 spiro atoms. The maximum Gasteiger partial charge on any atom is 0.231 e. The second-order valence-electron chi connectivity index (χ2n) is 6.50. The van der Waals surface area contributed by atoms with Gasteiger partial charge < -0.3 is 19.7 Å². The molecule has 2 atom stereocenters. The van der Waals surface area contributed by atoms with Gasteiger partial charge in [0.05, 0.1) is 17.8 Å². The highest BCUT2D eigenvalue weighted by molar-refractivity contribution is 7.80. The van der Waals surface area contributed by atoms with Crippen LogP contribution in [0.1, 0.15) is 28.2 Å². The Bertz CT molecular complexity index is 1010. The van der Waals surface area contributed by atoms with E-state index in [1.54, 1.807) is 11.3 Å². The molecule has 0 radical (unpaired) electrons. The van der Waals surface area contributed by atoms with Crippen molar-refractivity contribution in [1.82, 2.24) is 10.3 Å². The Morgan fingerprint density at radius 3 is 2.85 bits per heavy atom. The van der Waals surface area contributed by atoms with Gasteiger partial charge >= 0.3 is 0 Å². The second-order valence-corrected chi connectivity index (χ2v) is 7.84. The minimum Gasteiger partial charge on any atom is -0.454 e. The van der Waals surface area contributed by atoms with E-state index >= 15 is 0 Å². The minimum atomic E-state index is -0.0264. The molecule has 0 saturated carbocycles. The molecule has 5 nitrogen and oxygen atoms in total. The largest absolute Gasteiger partial charge is 0.454 e. The number of thiocarbonyl (C=S) groups is 1. The molecule has 1 N–H and O–H groups in total. The van der Waals surface area contributed by atoms with Gasteiger partial charge in [-0.2, -0.15) is 0 Å². The smallest absolute Gasteiger partial charge is 0.231 e. The molecular weight excluding hydrogens is 378 g/mol.